The van der Waals surface area contributed by atoms with Gasteiger partial charge in [-0.05, 0) is 12.6 Å². The zero-order valence-electron chi connectivity index (χ0n) is 6.25. The highest BCUT2D eigenvalue weighted by Crippen LogP contribution is 2.11. The first-order chi connectivity index (χ1) is 5.24. The Labute approximate surface area is 65.4 Å². The van der Waals surface area contributed by atoms with E-state index in [1.165, 1.54) is 0 Å². The molecule has 11 heavy (non-hydrogen) atoms. The Balaban J connectivity index is 2.90. The van der Waals surface area contributed by atoms with Crippen LogP contribution >= 0.6 is 0 Å². The van der Waals surface area contributed by atoms with Gasteiger partial charge in [0.25, 0.3) is 0 Å². The second kappa shape index (κ2) is 3.21. The number of aromatic nitrogens is 1. The van der Waals surface area contributed by atoms with Crippen LogP contribution in [0.4, 0.5) is 11.4 Å². The lowest BCUT2D eigenvalue weighted by atomic mass is 10.2. The number of hydrogen-bond donors (Lipinski definition) is 3. The molecule has 0 unspecified atom stereocenters. The van der Waals surface area contributed by atoms with E-state index in [-0.39, 0.29) is 0 Å². The molecule has 0 radical (unpaired) electrons. The Hall–Kier alpha value is -1.29. The molecule has 0 amide bonds. The van der Waals surface area contributed by atoms with E-state index < -0.39 is 0 Å². The van der Waals surface area contributed by atoms with Crippen molar-refractivity contribution in [2.24, 2.45) is 5.73 Å². The van der Waals surface area contributed by atoms with Gasteiger partial charge in [-0.2, -0.15) is 0 Å². The van der Waals surface area contributed by atoms with Gasteiger partial charge in [0.05, 0.1) is 23.3 Å². The van der Waals surface area contributed by atoms with Crippen LogP contribution in [0.3, 0.4) is 0 Å². The van der Waals surface area contributed by atoms with Crippen molar-refractivity contribution in [1.29, 1.82) is 0 Å². The minimum Gasteiger partial charge on any atom is -0.397 e. The van der Waals surface area contributed by atoms with E-state index in [9.17, 15) is 0 Å². The molecule has 4 nitrogen and oxygen atoms in total. The van der Waals surface area contributed by atoms with Crippen LogP contribution in [0.2, 0.25) is 0 Å². The minimum atomic E-state index is 0.557. The molecule has 1 aromatic heterocycles. The summed E-state index contributed by atoms with van der Waals surface area (Å²) in [5, 5.41) is 0. The smallest absolute Gasteiger partial charge is 0.0646 e. The average Bonchev–Trinajstić information content (AvgIpc) is 1.95. The van der Waals surface area contributed by atoms with Gasteiger partial charge < -0.3 is 17.2 Å². The zero-order valence-corrected chi connectivity index (χ0v) is 6.25. The lowest BCUT2D eigenvalue weighted by molar-refractivity contribution is 0.927. The second-order valence-corrected chi connectivity index (χ2v) is 2.34. The fourth-order valence-corrected chi connectivity index (χ4v) is 0.873. The zero-order chi connectivity index (χ0) is 8.27. The van der Waals surface area contributed by atoms with E-state index in [0.717, 1.165) is 5.69 Å². The summed E-state index contributed by atoms with van der Waals surface area (Å²) in [5.74, 6) is 0. The maximum absolute atomic E-state index is 5.61. The minimum absolute atomic E-state index is 0.557. The third kappa shape index (κ3) is 1.81. The van der Waals surface area contributed by atoms with E-state index in [4.69, 9.17) is 17.2 Å². The summed E-state index contributed by atoms with van der Waals surface area (Å²) < 4.78 is 0. The Kier molecular flexibility index (Phi) is 2.28. The Morgan fingerprint density at radius 3 is 2.64 bits per heavy atom. The summed E-state index contributed by atoms with van der Waals surface area (Å²) in [5.41, 5.74) is 18.4. The maximum Gasteiger partial charge on any atom is 0.0646 e. The number of nitrogens with zero attached hydrogens (tertiary/aromatic N) is 1. The van der Waals surface area contributed by atoms with Crippen molar-refractivity contribution in [3.8, 4) is 0 Å². The molecule has 0 saturated heterocycles. The second-order valence-electron chi connectivity index (χ2n) is 2.34. The van der Waals surface area contributed by atoms with Gasteiger partial charge in [0.1, 0.15) is 0 Å². The molecule has 4 heteroatoms. The van der Waals surface area contributed by atoms with Gasteiger partial charge in [-0.15, -0.1) is 0 Å². The molecule has 0 spiro atoms. The summed E-state index contributed by atoms with van der Waals surface area (Å²) in [6.45, 7) is 0.557. The average molecular weight is 152 g/mol. The van der Waals surface area contributed by atoms with E-state index >= 15 is 0 Å². The molecule has 0 atom stereocenters. The summed E-state index contributed by atoms with van der Waals surface area (Å²) in [7, 11) is 0. The fourth-order valence-electron chi connectivity index (χ4n) is 0.873. The van der Waals surface area contributed by atoms with Gasteiger partial charge >= 0.3 is 0 Å². The molecule has 0 bridgehead atoms. The molecule has 0 fully saturated rings. The molecule has 1 rings (SSSR count). The van der Waals surface area contributed by atoms with Crippen molar-refractivity contribution in [1.82, 2.24) is 4.98 Å². The van der Waals surface area contributed by atoms with Gasteiger partial charge in [-0.1, -0.05) is 0 Å². The molecule has 6 N–H and O–H groups in total. The SMILES string of the molecule is NCCc1ncc(N)cc1N. The number of anilines is 2. The first-order valence-electron chi connectivity index (χ1n) is 3.44. The standard InChI is InChI=1S/C7H12N4/c8-2-1-7-6(10)3-5(9)4-11-7/h3-4H,1-2,8-10H2. The van der Waals surface area contributed by atoms with Crippen molar-refractivity contribution < 1.29 is 0 Å². The van der Waals surface area contributed by atoms with Crippen molar-refractivity contribution >= 4 is 11.4 Å². The quantitative estimate of drug-likeness (QED) is 0.545. The van der Waals surface area contributed by atoms with Gasteiger partial charge in [-0.25, -0.2) is 0 Å². The molecule has 0 aliphatic heterocycles. The first-order valence-corrected chi connectivity index (χ1v) is 3.44. The predicted molar refractivity (Wildman–Crippen MR) is 45.8 cm³/mol. The van der Waals surface area contributed by atoms with E-state index in [1.807, 2.05) is 0 Å². The van der Waals surface area contributed by atoms with E-state index in [2.05, 4.69) is 4.98 Å². The number of pyridine rings is 1. The lowest BCUT2D eigenvalue weighted by Gasteiger charge is -2.02. The molecule has 1 aromatic rings. The van der Waals surface area contributed by atoms with Gasteiger partial charge in [0, 0.05) is 6.42 Å². The highest BCUT2D eigenvalue weighted by atomic mass is 14.8. The van der Waals surface area contributed by atoms with Crippen molar-refractivity contribution in [3.63, 3.8) is 0 Å². The van der Waals surface area contributed by atoms with Crippen LogP contribution < -0.4 is 17.2 Å². The summed E-state index contributed by atoms with van der Waals surface area (Å²) in [6, 6.07) is 1.69. The fraction of sp³-hybridized carbons (Fsp3) is 0.286. The Bertz CT molecular complexity index is 246. The molecular formula is C7H12N4. The Morgan fingerprint density at radius 2 is 2.09 bits per heavy atom. The first kappa shape index (κ1) is 7.81. The third-order valence-electron chi connectivity index (χ3n) is 1.41. The van der Waals surface area contributed by atoms with Crippen molar-refractivity contribution in [2.75, 3.05) is 18.0 Å². The van der Waals surface area contributed by atoms with E-state index in [0.29, 0.717) is 24.3 Å². The van der Waals surface area contributed by atoms with Gasteiger partial charge in [-0.3, -0.25) is 4.98 Å². The number of hydrogen-bond acceptors (Lipinski definition) is 4. The van der Waals surface area contributed by atoms with Crippen LogP contribution in [0.25, 0.3) is 0 Å². The molecule has 0 aromatic carbocycles. The monoisotopic (exact) mass is 152 g/mol. The van der Waals surface area contributed by atoms with Crippen LogP contribution in [-0.2, 0) is 6.42 Å². The van der Waals surface area contributed by atoms with Crippen LogP contribution in [0, 0.1) is 0 Å². The molecule has 0 aliphatic carbocycles. The normalized spacial score (nSPS) is 9.91. The third-order valence-corrected chi connectivity index (χ3v) is 1.41. The highest BCUT2D eigenvalue weighted by molar-refractivity contribution is 5.52. The van der Waals surface area contributed by atoms with Crippen LogP contribution in [0.1, 0.15) is 5.69 Å². The Morgan fingerprint density at radius 1 is 1.36 bits per heavy atom. The topological polar surface area (TPSA) is 90.9 Å². The molecular weight excluding hydrogens is 140 g/mol. The summed E-state index contributed by atoms with van der Waals surface area (Å²) in [4.78, 5) is 4.04. The number of rotatable bonds is 2. The van der Waals surface area contributed by atoms with Crippen LogP contribution in [0.15, 0.2) is 12.3 Å². The highest BCUT2D eigenvalue weighted by Gasteiger charge is 1.98. The van der Waals surface area contributed by atoms with Crippen LogP contribution in [0.5, 0.6) is 0 Å². The van der Waals surface area contributed by atoms with Crippen molar-refractivity contribution in [3.05, 3.63) is 18.0 Å². The molecule has 1 heterocycles. The van der Waals surface area contributed by atoms with Gasteiger partial charge in [0.2, 0.25) is 0 Å². The van der Waals surface area contributed by atoms with Crippen molar-refractivity contribution in [2.45, 2.75) is 6.42 Å². The molecule has 0 aliphatic rings. The number of nitrogens with two attached hydrogens (primary N) is 3. The molecule has 60 valence electrons. The molecule has 0 saturated carbocycles. The van der Waals surface area contributed by atoms with Gasteiger partial charge in [0.15, 0.2) is 0 Å². The predicted octanol–water partition coefficient (Wildman–Crippen LogP) is -0.253. The summed E-state index contributed by atoms with van der Waals surface area (Å²) in [6.07, 6.45) is 2.29. The summed E-state index contributed by atoms with van der Waals surface area (Å²) >= 11 is 0. The van der Waals surface area contributed by atoms with E-state index in [1.54, 1.807) is 12.3 Å². The lowest BCUT2D eigenvalue weighted by Crippen LogP contribution is -2.07. The maximum atomic E-state index is 5.61. The largest absolute Gasteiger partial charge is 0.397 e. The number of nitrogen functional groups attached to an aromatic ring is 2. The van der Waals surface area contributed by atoms with Crippen LogP contribution in [-0.4, -0.2) is 11.5 Å².